The van der Waals surface area contributed by atoms with Gasteiger partial charge in [-0.3, -0.25) is 14.4 Å². The van der Waals surface area contributed by atoms with Crippen LogP contribution < -0.4 is 14.8 Å². The Kier molecular flexibility index (Phi) is 5.23. The van der Waals surface area contributed by atoms with Gasteiger partial charge in [-0.1, -0.05) is 26.7 Å². The van der Waals surface area contributed by atoms with Crippen LogP contribution in [0.25, 0.3) is 0 Å². The van der Waals surface area contributed by atoms with E-state index < -0.39 is 5.92 Å². The van der Waals surface area contributed by atoms with Gasteiger partial charge in [0.1, 0.15) is 0 Å². The highest BCUT2D eigenvalue weighted by molar-refractivity contribution is 6.06. The Labute approximate surface area is 170 Å². The lowest BCUT2D eigenvalue weighted by atomic mass is 9.77. The lowest BCUT2D eigenvalue weighted by molar-refractivity contribution is -0.131. The molecule has 7 heteroatoms. The van der Waals surface area contributed by atoms with Gasteiger partial charge in [0.2, 0.25) is 18.6 Å². The van der Waals surface area contributed by atoms with Crippen molar-refractivity contribution in [1.82, 2.24) is 4.90 Å². The summed E-state index contributed by atoms with van der Waals surface area (Å²) in [6, 6.07) is 3.43. The first kappa shape index (κ1) is 19.7. The van der Waals surface area contributed by atoms with Crippen LogP contribution in [0.5, 0.6) is 11.5 Å². The van der Waals surface area contributed by atoms with E-state index in [9.17, 15) is 14.4 Å². The molecule has 2 fully saturated rings. The predicted molar refractivity (Wildman–Crippen MR) is 107 cm³/mol. The van der Waals surface area contributed by atoms with Gasteiger partial charge >= 0.3 is 0 Å². The Balaban J connectivity index is 1.49. The van der Waals surface area contributed by atoms with Crippen molar-refractivity contribution in [2.45, 2.75) is 52.5 Å². The van der Waals surface area contributed by atoms with Crippen LogP contribution in [0.3, 0.4) is 0 Å². The number of nitrogens with one attached hydrogen (secondary N) is 1. The molecular formula is C22H28N2O5. The lowest BCUT2D eigenvalue weighted by Crippen LogP contribution is -2.45. The van der Waals surface area contributed by atoms with Crippen LogP contribution in [-0.2, 0) is 9.59 Å². The molecule has 2 amide bonds. The lowest BCUT2D eigenvalue weighted by Gasteiger charge is -2.40. The molecule has 1 N–H and O–H groups in total. The molecule has 4 rings (SSSR count). The van der Waals surface area contributed by atoms with E-state index in [2.05, 4.69) is 19.2 Å². The van der Waals surface area contributed by atoms with Gasteiger partial charge in [0.05, 0.1) is 11.6 Å². The van der Waals surface area contributed by atoms with Gasteiger partial charge in [0.25, 0.3) is 0 Å². The molecule has 2 heterocycles. The first-order valence-electron chi connectivity index (χ1n) is 10.4. The second-order valence-corrected chi connectivity index (χ2v) is 8.58. The third kappa shape index (κ3) is 3.70. The summed E-state index contributed by atoms with van der Waals surface area (Å²) in [6.07, 6.45) is 3.53. The van der Waals surface area contributed by atoms with Crippen molar-refractivity contribution in [1.29, 1.82) is 0 Å². The first-order chi connectivity index (χ1) is 13.8. The molecule has 2 aliphatic heterocycles. The number of nitrogens with zero attached hydrogens (tertiary/aromatic N) is 1. The number of hydrogen-bond acceptors (Lipinski definition) is 5. The summed E-state index contributed by atoms with van der Waals surface area (Å²) in [5, 5.41) is 2.85. The van der Waals surface area contributed by atoms with Gasteiger partial charge in [-0.15, -0.1) is 0 Å². The van der Waals surface area contributed by atoms with Crippen LogP contribution in [0.1, 0.15) is 56.8 Å². The van der Waals surface area contributed by atoms with Crippen LogP contribution in [0, 0.1) is 17.8 Å². The number of anilines is 1. The van der Waals surface area contributed by atoms with Crippen molar-refractivity contribution in [3.8, 4) is 11.5 Å². The Hall–Kier alpha value is -2.57. The number of Topliss-reactive ketones (excluding diaryl/α,β-unsaturated/α-hetero) is 1. The predicted octanol–water partition coefficient (Wildman–Crippen LogP) is 3.23. The number of hydrogen-bond donors (Lipinski definition) is 1. The van der Waals surface area contributed by atoms with E-state index >= 15 is 0 Å². The second kappa shape index (κ2) is 7.69. The molecular weight excluding hydrogens is 372 g/mol. The van der Waals surface area contributed by atoms with Crippen molar-refractivity contribution >= 4 is 23.3 Å². The summed E-state index contributed by atoms with van der Waals surface area (Å²) in [6.45, 7) is 6.42. The molecule has 1 aromatic carbocycles. The van der Waals surface area contributed by atoms with Crippen molar-refractivity contribution in [3.05, 3.63) is 17.7 Å². The number of carbonyl (C=O) groups is 3. The molecule has 29 heavy (non-hydrogen) atoms. The number of amides is 2. The van der Waals surface area contributed by atoms with Gasteiger partial charge in [-0.2, -0.15) is 0 Å². The van der Waals surface area contributed by atoms with Gasteiger partial charge in [-0.05, 0) is 31.2 Å². The molecule has 0 aromatic heterocycles. The molecule has 0 bridgehead atoms. The Morgan fingerprint density at radius 1 is 1.14 bits per heavy atom. The molecule has 3 aliphatic rings. The minimum Gasteiger partial charge on any atom is -0.454 e. The summed E-state index contributed by atoms with van der Waals surface area (Å²) >= 11 is 0. The smallest absolute Gasteiger partial charge is 0.231 e. The summed E-state index contributed by atoms with van der Waals surface area (Å²) in [7, 11) is 0. The standard InChI is InChI=1S/C22H28N2O5/c1-12-5-4-6-18(13(12)2)24-10-15(7-21(24)26)22(27)23-17-9-20-19(28-11-29-20)8-16(17)14(3)25/h8-9,12-13,15,18H,4-7,10-11H2,1-3H3,(H,23,27). The van der Waals surface area contributed by atoms with Crippen LogP contribution >= 0.6 is 0 Å². The molecule has 0 radical (unpaired) electrons. The fourth-order valence-corrected chi connectivity index (χ4v) is 4.79. The number of fused-ring (bicyclic) bond motifs is 1. The van der Waals surface area contributed by atoms with E-state index in [1.165, 1.54) is 13.3 Å². The highest BCUT2D eigenvalue weighted by atomic mass is 16.7. The Bertz CT molecular complexity index is 852. The third-order valence-electron chi connectivity index (χ3n) is 6.74. The van der Waals surface area contributed by atoms with E-state index in [4.69, 9.17) is 9.47 Å². The summed E-state index contributed by atoms with van der Waals surface area (Å²) in [4.78, 5) is 39.6. The average molecular weight is 400 g/mol. The normalized spacial score (nSPS) is 28.5. The first-order valence-corrected chi connectivity index (χ1v) is 10.4. The number of likely N-dealkylation sites (tertiary alicyclic amines) is 1. The molecule has 156 valence electrons. The van der Waals surface area contributed by atoms with Crippen LogP contribution in [0.15, 0.2) is 12.1 Å². The molecule has 1 aliphatic carbocycles. The van der Waals surface area contributed by atoms with E-state index in [0.717, 1.165) is 12.8 Å². The highest BCUT2D eigenvalue weighted by Crippen LogP contribution is 2.38. The number of rotatable bonds is 4. The minimum atomic E-state index is -0.419. The molecule has 7 nitrogen and oxygen atoms in total. The molecule has 1 aromatic rings. The van der Waals surface area contributed by atoms with Crippen molar-refractivity contribution in [2.75, 3.05) is 18.7 Å². The maximum Gasteiger partial charge on any atom is 0.231 e. The Morgan fingerprint density at radius 2 is 1.86 bits per heavy atom. The van der Waals surface area contributed by atoms with Crippen LogP contribution in [-0.4, -0.2) is 41.9 Å². The molecule has 4 unspecified atom stereocenters. The van der Waals surface area contributed by atoms with E-state index in [-0.39, 0.29) is 36.9 Å². The minimum absolute atomic E-state index is 0.0496. The van der Waals surface area contributed by atoms with Gasteiger partial charge < -0.3 is 19.7 Å². The molecule has 0 spiro atoms. The quantitative estimate of drug-likeness (QED) is 0.785. The Morgan fingerprint density at radius 3 is 2.59 bits per heavy atom. The zero-order valence-electron chi connectivity index (χ0n) is 17.2. The average Bonchev–Trinajstić information content (AvgIpc) is 3.29. The van der Waals surface area contributed by atoms with Gasteiger partial charge in [0, 0.05) is 30.6 Å². The molecule has 4 atom stereocenters. The largest absolute Gasteiger partial charge is 0.454 e. The molecule has 1 saturated carbocycles. The zero-order chi connectivity index (χ0) is 20.7. The fourth-order valence-electron chi connectivity index (χ4n) is 4.79. The highest BCUT2D eigenvalue weighted by Gasteiger charge is 2.41. The maximum atomic E-state index is 12.9. The summed E-state index contributed by atoms with van der Waals surface area (Å²) < 4.78 is 10.7. The van der Waals surface area contributed by atoms with Crippen molar-refractivity contribution in [3.63, 3.8) is 0 Å². The van der Waals surface area contributed by atoms with Crippen molar-refractivity contribution in [2.24, 2.45) is 17.8 Å². The van der Waals surface area contributed by atoms with E-state index in [1.54, 1.807) is 12.1 Å². The number of carbonyl (C=O) groups excluding carboxylic acids is 3. The fraction of sp³-hybridized carbons (Fsp3) is 0.591. The topological polar surface area (TPSA) is 84.9 Å². The third-order valence-corrected chi connectivity index (χ3v) is 6.74. The SMILES string of the molecule is CC(=O)c1cc2c(cc1NC(=O)C1CC(=O)N(C3CCCC(C)C3C)C1)OCO2. The maximum absolute atomic E-state index is 12.9. The number of benzene rings is 1. The monoisotopic (exact) mass is 400 g/mol. The summed E-state index contributed by atoms with van der Waals surface area (Å²) in [5.41, 5.74) is 0.774. The van der Waals surface area contributed by atoms with E-state index in [0.29, 0.717) is 41.1 Å². The van der Waals surface area contributed by atoms with Crippen LogP contribution in [0.4, 0.5) is 5.69 Å². The molecule has 1 saturated heterocycles. The second-order valence-electron chi connectivity index (χ2n) is 8.58. The van der Waals surface area contributed by atoms with Gasteiger partial charge in [0.15, 0.2) is 17.3 Å². The zero-order valence-corrected chi connectivity index (χ0v) is 17.2. The number of ether oxygens (including phenoxy) is 2. The number of ketones is 1. The van der Waals surface area contributed by atoms with Gasteiger partial charge in [-0.25, -0.2) is 0 Å². The van der Waals surface area contributed by atoms with Crippen LogP contribution in [0.2, 0.25) is 0 Å². The van der Waals surface area contributed by atoms with E-state index in [1.807, 2.05) is 4.90 Å². The van der Waals surface area contributed by atoms with Crippen molar-refractivity contribution < 1.29 is 23.9 Å². The summed E-state index contributed by atoms with van der Waals surface area (Å²) in [5.74, 6) is 1.24.